The Morgan fingerprint density at radius 2 is 1.96 bits per heavy atom. The number of anilines is 1. The number of hydrogen-bond acceptors (Lipinski definition) is 4. The van der Waals surface area contributed by atoms with Crippen LogP contribution in [0.2, 0.25) is 5.02 Å². The molecule has 0 saturated heterocycles. The molecule has 2 aromatic carbocycles. The van der Waals surface area contributed by atoms with Gasteiger partial charge in [-0.1, -0.05) is 39.7 Å². The van der Waals surface area contributed by atoms with E-state index >= 15 is 0 Å². The monoisotopic (exact) mass is 452 g/mol. The fourth-order valence-corrected chi connectivity index (χ4v) is 3.41. The Labute approximate surface area is 166 Å². The molecule has 1 atom stereocenters. The van der Waals surface area contributed by atoms with Crippen LogP contribution in [0.5, 0.6) is 5.75 Å². The van der Waals surface area contributed by atoms with E-state index in [4.69, 9.17) is 16.3 Å². The number of halogens is 4. The predicted molar refractivity (Wildman–Crippen MR) is 102 cm³/mol. The second-order valence-corrected chi connectivity index (χ2v) is 7.10. The molecule has 1 aromatic heterocycles. The summed E-state index contributed by atoms with van der Waals surface area (Å²) in [7, 11) is 0. The van der Waals surface area contributed by atoms with Gasteiger partial charge in [-0.05, 0) is 42.0 Å². The Bertz CT molecular complexity index is 1010. The number of allylic oxidation sites excluding steroid dienone is 1. The van der Waals surface area contributed by atoms with Crippen molar-refractivity contribution in [1.29, 1.82) is 0 Å². The first-order valence-electron chi connectivity index (χ1n) is 7.90. The van der Waals surface area contributed by atoms with Crippen LogP contribution in [-0.4, -0.2) is 21.4 Å². The van der Waals surface area contributed by atoms with Crippen LogP contribution in [0.1, 0.15) is 17.2 Å². The molecule has 0 radical (unpaired) electrons. The Morgan fingerprint density at radius 3 is 2.70 bits per heavy atom. The molecule has 0 fully saturated rings. The first kappa shape index (κ1) is 17.9. The summed E-state index contributed by atoms with van der Waals surface area (Å²) in [6.45, 7) is -2.93. The van der Waals surface area contributed by atoms with Crippen LogP contribution in [-0.2, 0) is 0 Å². The molecule has 27 heavy (non-hydrogen) atoms. The molecule has 3 aromatic rings. The minimum atomic E-state index is -2.93. The summed E-state index contributed by atoms with van der Waals surface area (Å²) in [6, 6.07) is 11.7. The van der Waals surface area contributed by atoms with Crippen LogP contribution in [0.15, 0.2) is 59.3 Å². The number of ether oxygens (including phenoxy) is 1. The predicted octanol–water partition coefficient (Wildman–Crippen LogP) is 5.35. The van der Waals surface area contributed by atoms with Gasteiger partial charge in [0.1, 0.15) is 18.1 Å². The molecule has 0 unspecified atom stereocenters. The molecule has 0 aliphatic carbocycles. The molecule has 1 aliphatic rings. The maximum absolute atomic E-state index is 12.9. The van der Waals surface area contributed by atoms with Crippen LogP contribution in [0.25, 0.3) is 5.70 Å². The number of fused-ring (bicyclic) bond motifs is 1. The van der Waals surface area contributed by atoms with Gasteiger partial charge in [0.25, 0.3) is 0 Å². The number of nitrogens with zero attached hydrogens (tertiary/aromatic N) is 3. The highest BCUT2D eigenvalue weighted by molar-refractivity contribution is 9.10. The van der Waals surface area contributed by atoms with Crippen LogP contribution < -0.4 is 10.1 Å². The minimum absolute atomic E-state index is 0.0771. The fourth-order valence-electron chi connectivity index (χ4n) is 2.91. The van der Waals surface area contributed by atoms with Gasteiger partial charge in [-0.15, -0.1) is 0 Å². The van der Waals surface area contributed by atoms with Gasteiger partial charge in [0.2, 0.25) is 5.95 Å². The molecule has 1 N–H and O–H groups in total. The number of aromatic nitrogens is 3. The van der Waals surface area contributed by atoms with Crippen molar-refractivity contribution in [3.05, 3.63) is 75.5 Å². The van der Waals surface area contributed by atoms with E-state index in [2.05, 4.69) is 31.3 Å². The summed E-state index contributed by atoms with van der Waals surface area (Å²) >= 11 is 9.35. The van der Waals surface area contributed by atoms with Crippen molar-refractivity contribution in [2.45, 2.75) is 12.7 Å². The van der Waals surface area contributed by atoms with E-state index in [-0.39, 0.29) is 5.75 Å². The van der Waals surface area contributed by atoms with Crippen molar-refractivity contribution < 1.29 is 13.5 Å². The van der Waals surface area contributed by atoms with E-state index < -0.39 is 12.7 Å². The lowest BCUT2D eigenvalue weighted by molar-refractivity contribution is -0.0506. The van der Waals surface area contributed by atoms with Crippen molar-refractivity contribution in [2.24, 2.45) is 0 Å². The summed E-state index contributed by atoms with van der Waals surface area (Å²) in [4.78, 5) is 4.21. The maximum atomic E-state index is 12.9. The number of hydrogen-bond donors (Lipinski definition) is 1. The van der Waals surface area contributed by atoms with Gasteiger partial charge in [0, 0.05) is 20.8 Å². The molecule has 9 heteroatoms. The van der Waals surface area contributed by atoms with Crippen molar-refractivity contribution in [1.82, 2.24) is 14.8 Å². The second-order valence-electron chi connectivity index (χ2n) is 5.75. The van der Waals surface area contributed by atoms with E-state index in [0.29, 0.717) is 16.5 Å². The number of rotatable bonds is 4. The summed E-state index contributed by atoms with van der Waals surface area (Å²) < 4.78 is 32.8. The fraction of sp³-hybridized carbons (Fsp3) is 0.111. The molecule has 0 bridgehead atoms. The lowest BCUT2D eigenvalue weighted by Gasteiger charge is -2.26. The van der Waals surface area contributed by atoms with Crippen LogP contribution >= 0.6 is 27.5 Å². The number of benzene rings is 2. The average Bonchev–Trinajstić information content (AvgIpc) is 3.11. The zero-order valence-corrected chi connectivity index (χ0v) is 16.0. The average molecular weight is 454 g/mol. The molecule has 0 saturated carbocycles. The zero-order valence-electron chi connectivity index (χ0n) is 13.6. The summed E-state index contributed by atoms with van der Waals surface area (Å²) in [5, 5.41) is 8.04. The van der Waals surface area contributed by atoms with Gasteiger partial charge in [0.05, 0.1) is 0 Å². The molecule has 5 nitrogen and oxygen atoms in total. The van der Waals surface area contributed by atoms with Crippen LogP contribution in [0.3, 0.4) is 0 Å². The highest BCUT2D eigenvalue weighted by atomic mass is 79.9. The first-order valence-corrected chi connectivity index (χ1v) is 9.07. The standard InChI is InChI=1S/C18H12BrClF2N4O/c19-11-3-6-16(27-17(21)22)13(7-11)15-8-14(10-1-4-12(20)5-2-10)25-18-23-9-24-26(15)18/h1-9,15,17H,(H,23,24,25)/t15-/m0/s1. The van der Waals surface area contributed by atoms with Gasteiger partial charge in [-0.3, -0.25) is 0 Å². The summed E-state index contributed by atoms with van der Waals surface area (Å²) in [5.74, 6) is 0.573. The SMILES string of the molecule is FC(F)Oc1ccc(Br)cc1[C@@H]1C=C(c2ccc(Cl)cc2)Nc2ncnn21. The third-order valence-corrected chi connectivity index (χ3v) is 4.81. The number of nitrogens with one attached hydrogen (secondary N) is 1. The molecule has 2 heterocycles. The molecule has 0 spiro atoms. The Hall–Kier alpha value is -2.45. The third kappa shape index (κ3) is 3.68. The van der Waals surface area contributed by atoms with Gasteiger partial charge in [0.15, 0.2) is 0 Å². The van der Waals surface area contributed by atoms with E-state index in [1.54, 1.807) is 28.9 Å². The van der Waals surface area contributed by atoms with Gasteiger partial charge in [-0.2, -0.15) is 18.9 Å². The lowest BCUT2D eigenvalue weighted by atomic mass is 10.0. The quantitative estimate of drug-likeness (QED) is 0.578. The largest absolute Gasteiger partial charge is 0.434 e. The smallest absolute Gasteiger partial charge is 0.387 e. The Morgan fingerprint density at radius 1 is 1.19 bits per heavy atom. The summed E-state index contributed by atoms with van der Waals surface area (Å²) in [5.41, 5.74) is 2.18. The topological polar surface area (TPSA) is 52.0 Å². The van der Waals surface area contributed by atoms with Crippen molar-refractivity contribution in [2.75, 3.05) is 5.32 Å². The zero-order chi connectivity index (χ0) is 19.0. The number of alkyl halides is 2. The molecule has 138 valence electrons. The van der Waals surface area contributed by atoms with Crippen LogP contribution in [0, 0.1) is 0 Å². The van der Waals surface area contributed by atoms with Gasteiger partial charge in [-0.25, -0.2) is 4.68 Å². The molecule has 0 amide bonds. The lowest BCUT2D eigenvalue weighted by Crippen LogP contribution is -2.21. The van der Waals surface area contributed by atoms with Crippen molar-refractivity contribution in [3.8, 4) is 5.75 Å². The Balaban J connectivity index is 1.83. The van der Waals surface area contributed by atoms with E-state index in [1.165, 1.54) is 12.4 Å². The van der Waals surface area contributed by atoms with E-state index in [1.807, 2.05) is 18.2 Å². The third-order valence-electron chi connectivity index (χ3n) is 4.07. The highest BCUT2D eigenvalue weighted by Gasteiger charge is 2.27. The molecular weight excluding hydrogens is 442 g/mol. The normalized spacial score (nSPS) is 15.9. The Kier molecular flexibility index (Phi) is 4.84. The highest BCUT2D eigenvalue weighted by Crippen LogP contribution is 2.38. The summed E-state index contributed by atoms with van der Waals surface area (Å²) in [6.07, 6.45) is 3.28. The maximum Gasteiger partial charge on any atom is 0.387 e. The van der Waals surface area contributed by atoms with Gasteiger partial charge >= 0.3 is 6.61 Å². The first-order chi connectivity index (χ1) is 13.0. The molecular formula is C18H12BrClF2N4O. The van der Waals surface area contributed by atoms with E-state index in [0.717, 1.165) is 15.7 Å². The van der Waals surface area contributed by atoms with Crippen molar-refractivity contribution in [3.63, 3.8) is 0 Å². The van der Waals surface area contributed by atoms with E-state index in [9.17, 15) is 8.78 Å². The van der Waals surface area contributed by atoms with Gasteiger partial charge < -0.3 is 10.1 Å². The van der Waals surface area contributed by atoms with Crippen LogP contribution in [0.4, 0.5) is 14.7 Å². The van der Waals surface area contributed by atoms with Crippen molar-refractivity contribution >= 4 is 39.2 Å². The second kappa shape index (κ2) is 7.28. The molecule has 4 rings (SSSR count). The molecule has 1 aliphatic heterocycles. The minimum Gasteiger partial charge on any atom is -0.434 e.